The van der Waals surface area contributed by atoms with Crippen molar-refractivity contribution in [2.45, 2.75) is 11.7 Å². The minimum absolute atomic E-state index is 0.0485. The van der Waals surface area contributed by atoms with E-state index in [2.05, 4.69) is 15.4 Å². The van der Waals surface area contributed by atoms with Gasteiger partial charge in [0.05, 0.1) is 0 Å². The number of hydrogen-bond acceptors (Lipinski definition) is 4. The highest BCUT2D eigenvalue weighted by molar-refractivity contribution is 7.98. The molecule has 1 amide bonds. The summed E-state index contributed by atoms with van der Waals surface area (Å²) in [6.07, 6.45) is 1.90. The van der Waals surface area contributed by atoms with Crippen LogP contribution in [0.3, 0.4) is 0 Å². The summed E-state index contributed by atoms with van der Waals surface area (Å²) in [5.74, 6) is 0.506. The Balaban J connectivity index is 2.36. The largest absolute Gasteiger partial charge is 0.293 e. The summed E-state index contributed by atoms with van der Waals surface area (Å²) in [5, 5.41) is 7.33. The summed E-state index contributed by atoms with van der Waals surface area (Å²) in [4.78, 5) is 14.8. The average Bonchev–Trinajstić information content (AvgIpc) is 2.43. The summed E-state index contributed by atoms with van der Waals surface area (Å²) in [7, 11) is 0. The first-order valence-corrected chi connectivity index (χ1v) is 4.31. The minimum atomic E-state index is -0.0485. The van der Waals surface area contributed by atoms with Crippen molar-refractivity contribution in [3.8, 4) is 0 Å². The fourth-order valence-electron chi connectivity index (χ4n) is 0.911. The van der Waals surface area contributed by atoms with Gasteiger partial charge in [-0.25, -0.2) is 4.68 Å². The first-order valence-electron chi connectivity index (χ1n) is 3.08. The lowest BCUT2D eigenvalue weighted by molar-refractivity contribution is -0.116. The molecular formula is C5H6N4OS. The molecule has 0 bridgehead atoms. The lowest BCUT2D eigenvalue weighted by Crippen LogP contribution is -2.07. The van der Waals surface area contributed by atoms with E-state index in [1.807, 2.05) is 6.26 Å². The van der Waals surface area contributed by atoms with E-state index in [0.29, 0.717) is 17.6 Å². The van der Waals surface area contributed by atoms with Gasteiger partial charge in [0.1, 0.15) is 6.54 Å². The molecule has 2 heterocycles. The van der Waals surface area contributed by atoms with Gasteiger partial charge in [-0.2, -0.15) is 4.98 Å². The maximum absolute atomic E-state index is 10.7. The Labute approximate surface area is 67.2 Å². The highest BCUT2D eigenvalue weighted by Gasteiger charge is 2.20. The Hall–Kier alpha value is -1.04. The van der Waals surface area contributed by atoms with Gasteiger partial charge in [-0.15, -0.1) is 5.10 Å². The fraction of sp³-hybridized carbons (Fsp3) is 0.400. The molecular weight excluding hydrogens is 164 g/mol. The molecule has 0 aliphatic carbocycles. The number of hydrogen-bond donors (Lipinski definition) is 1. The Kier molecular flexibility index (Phi) is 1.35. The number of rotatable bonds is 1. The molecule has 0 fully saturated rings. The maximum atomic E-state index is 10.7. The first-order chi connectivity index (χ1) is 5.29. The second-order valence-electron chi connectivity index (χ2n) is 2.13. The molecule has 0 aromatic carbocycles. The molecule has 1 aliphatic heterocycles. The predicted molar refractivity (Wildman–Crippen MR) is 40.4 cm³/mol. The first kappa shape index (κ1) is 6.66. The van der Waals surface area contributed by atoms with E-state index in [1.165, 1.54) is 11.8 Å². The smallest absolute Gasteiger partial charge is 0.248 e. The zero-order valence-corrected chi connectivity index (χ0v) is 6.68. The van der Waals surface area contributed by atoms with Crippen molar-refractivity contribution in [3.05, 3.63) is 0 Å². The fourth-order valence-corrected chi connectivity index (χ4v) is 1.27. The van der Waals surface area contributed by atoms with E-state index in [0.717, 1.165) is 0 Å². The lowest BCUT2D eigenvalue weighted by Gasteiger charge is -1.85. The quantitative estimate of drug-likeness (QED) is 0.600. The van der Waals surface area contributed by atoms with Crippen molar-refractivity contribution in [3.63, 3.8) is 0 Å². The summed E-state index contributed by atoms with van der Waals surface area (Å²) >= 11 is 1.46. The molecule has 6 heteroatoms. The van der Waals surface area contributed by atoms with Gasteiger partial charge in [-0.3, -0.25) is 10.1 Å². The number of thioether (sulfide) groups is 1. The van der Waals surface area contributed by atoms with Crippen LogP contribution < -0.4 is 5.32 Å². The molecule has 58 valence electrons. The van der Waals surface area contributed by atoms with Crippen LogP contribution in [-0.4, -0.2) is 26.9 Å². The van der Waals surface area contributed by atoms with E-state index < -0.39 is 0 Å². The van der Waals surface area contributed by atoms with Gasteiger partial charge in [-0.05, 0) is 6.26 Å². The standard InChI is InChI=1S/C5H6N4OS/c1-11-5-7-4-6-3(10)2-9(4)8-5/h2H2,1H3,(H,6,7,8,10). The molecule has 1 N–H and O–H groups in total. The number of fused-ring (bicyclic) bond motifs is 1. The SMILES string of the molecule is CSc1nc2n(n1)CC(=O)N2. The molecule has 0 atom stereocenters. The van der Waals surface area contributed by atoms with Crippen LogP contribution in [0, 0.1) is 0 Å². The van der Waals surface area contributed by atoms with Crippen molar-refractivity contribution in [2.75, 3.05) is 11.6 Å². The van der Waals surface area contributed by atoms with E-state index in [1.54, 1.807) is 4.68 Å². The van der Waals surface area contributed by atoms with Gasteiger partial charge in [0.25, 0.3) is 0 Å². The summed E-state index contributed by atoms with van der Waals surface area (Å²) in [6.45, 7) is 0.295. The third-order valence-corrected chi connectivity index (χ3v) is 1.92. The Bertz CT molecular complexity index is 282. The van der Waals surface area contributed by atoms with E-state index in [-0.39, 0.29) is 5.91 Å². The normalized spacial score (nSPS) is 14.8. The van der Waals surface area contributed by atoms with Crippen molar-refractivity contribution in [1.82, 2.24) is 14.8 Å². The van der Waals surface area contributed by atoms with Crippen LogP contribution >= 0.6 is 11.8 Å². The van der Waals surface area contributed by atoms with Gasteiger partial charge < -0.3 is 0 Å². The molecule has 0 spiro atoms. The van der Waals surface area contributed by atoms with Crippen LogP contribution in [0.4, 0.5) is 5.95 Å². The second-order valence-corrected chi connectivity index (χ2v) is 2.90. The van der Waals surface area contributed by atoms with Gasteiger partial charge in [0.2, 0.25) is 17.0 Å². The zero-order valence-electron chi connectivity index (χ0n) is 5.87. The number of nitrogens with zero attached hydrogens (tertiary/aromatic N) is 3. The highest BCUT2D eigenvalue weighted by Crippen LogP contribution is 2.16. The van der Waals surface area contributed by atoms with Crippen LogP contribution in [0.2, 0.25) is 0 Å². The maximum Gasteiger partial charge on any atom is 0.248 e. The number of nitrogens with one attached hydrogen (secondary N) is 1. The van der Waals surface area contributed by atoms with E-state index >= 15 is 0 Å². The molecule has 11 heavy (non-hydrogen) atoms. The summed E-state index contributed by atoms with van der Waals surface area (Å²) in [6, 6.07) is 0. The number of anilines is 1. The van der Waals surface area contributed by atoms with Crippen molar-refractivity contribution < 1.29 is 4.79 Å². The molecule has 0 radical (unpaired) electrons. The van der Waals surface area contributed by atoms with Crippen LogP contribution in [0.25, 0.3) is 0 Å². The Morgan fingerprint density at radius 2 is 2.55 bits per heavy atom. The second kappa shape index (κ2) is 2.23. The molecule has 0 saturated carbocycles. The lowest BCUT2D eigenvalue weighted by atomic mass is 10.7. The van der Waals surface area contributed by atoms with Gasteiger partial charge in [0, 0.05) is 0 Å². The van der Waals surface area contributed by atoms with Crippen molar-refractivity contribution in [2.24, 2.45) is 0 Å². The average molecular weight is 170 g/mol. The highest BCUT2D eigenvalue weighted by atomic mass is 32.2. The molecule has 1 aromatic heterocycles. The monoisotopic (exact) mass is 170 g/mol. The molecule has 2 rings (SSSR count). The van der Waals surface area contributed by atoms with Crippen LogP contribution in [-0.2, 0) is 11.3 Å². The van der Waals surface area contributed by atoms with Gasteiger partial charge in [0.15, 0.2) is 0 Å². The summed E-state index contributed by atoms with van der Waals surface area (Å²) in [5.41, 5.74) is 0. The van der Waals surface area contributed by atoms with Gasteiger partial charge >= 0.3 is 0 Å². The summed E-state index contributed by atoms with van der Waals surface area (Å²) < 4.78 is 1.56. The Morgan fingerprint density at radius 1 is 1.73 bits per heavy atom. The van der Waals surface area contributed by atoms with E-state index in [4.69, 9.17) is 0 Å². The van der Waals surface area contributed by atoms with Crippen molar-refractivity contribution in [1.29, 1.82) is 0 Å². The number of aromatic nitrogens is 3. The third-order valence-electron chi connectivity index (χ3n) is 1.38. The van der Waals surface area contributed by atoms with Crippen molar-refractivity contribution >= 4 is 23.6 Å². The molecule has 5 nitrogen and oxygen atoms in total. The predicted octanol–water partition coefficient (Wildman–Crippen LogP) is -0.0479. The van der Waals surface area contributed by atoms with Crippen LogP contribution in [0.15, 0.2) is 5.16 Å². The Morgan fingerprint density at radius 3 is 3.18 bits per heavy atom. The zero-order chi connectivity index (χ0) is 7.84. The topological polar surface area (TPSA) is 59.8 Å². The molecule has 0 saturated heterocycles. The number of amides is 1. The third kappa shape index (κ3) is 0.988. The van der Waals surface area contributed by atoms with E-state index in [9.17, 15) is 4.79 Å². The minimum Gasteiger partial charge on any atom is -0.293 e. The van der Waals surface area contributed by atoms with Gasteiger partial charge in [-0.1, -0.05) is 11.8 Å². The molecule has 1 aliphatic rings. The molecule has 0 unspecified atom stereocenters. The number of carbonyl (C=O) groups excluding carboxylic acids is 1. The van der Waals surface area contributed by atoms with Crippen LogP contribution in [0.5, 0.6) is 0 Å². The number of carbonyl (C=O) groups is 1. The van der Waals surface area contributed by atoms with Crippen LogP contribution in [0.1, 0.15) is 0 Å². The molecule has 1 aromatic rings.